The van der Waals surface area contributed by atoms with Gasteiger partial charge in [-0.3, -0.25) is 4.79 Å². The van der Waals surface area contributed by atoms with Gasteiger partial charge < -0.3 is 15.2 Å². The van der Waals surface area contributed by atoms with E-state index in [4.69, 9.17) is 5.73 Å². The van der Waals surface area contributed by atoms with Crippen LogP contribution in [0.4, 0.5) is 0 Å². The molecule has 1 aromatic carbocycles. The number of aromatic nitrogens is 1. The summed E-state index contributed by atoms with van der Waals surface area (Å²) < 4.78 is 2.15. The van der Waals surface area contributed by atoms with Crippen molar-refractivity contribution in [3.63, 3.8) is 0 Å². The van der Waals surface area contributed by atoms with Crippen molar-refractivity contribution < 1.29 is 4.79 Å². The van der Waals surface area contributed by atoms with E-state index < -0.39 is 0 Å². The number of nitrogens with zero attached hydrogens (tertiary/aromatic N) is 2. The molecule has 4 nitrogen and oxygen atoms in total. The molecule has 0 saturated carbocycles. The summed E-state index contributed by atoms with van der Waals surface area (Å²) in [6, 6.07) is 12.3. The molecule has 1 fully saturated rings. The second kappa shape index (κ2) is 6.81. The largest absolute Gasteiger partial charge is 0.338 e. The van der Waals surface area contributed by atoms with Crippen molar-refractivity contribution in [1.82, 2.24) is 9.47 Å². The van der Waals surface area contributed by atoms with Gasteiger partial charge in [-0.25, -0.2) is 0 Å². The minimum Gasteiger partial charge on any atom is -0.338 e. The van der Waals surface area contributed by atoms with E-state index in [9.17, 15) is 4.79 Å². The molecule has 1 aliphatic rings. The highest BCUT2D eigenvalue weighted by Gasteiger charge is 2.28. The number of nitrogens with two attached hydrogens (primary N) is 1. The number of hydrogen-bond acceptors (Lipinski definition) is 2. The third-order valence-electron chi connectivity index (χ3n) is 5.16. The number of likely N-dealkylation sites (tertiary alicyclic amines) is 1. The van der Waals surface area contributed by atoms with Crippen molar-refractivity contribution in [3.05, 3.63) is 53.3 Å². The first kappa shape index (κ1) is 16.8. The van der Waals surface area contributed by atoms with Crippen LogP contribution in [-0.4, -0.2) is 34.5 Å². The maximum absolute atomic E-state index is 13.1. The molecule has 1 amide bonds. The van der Waals surface area contributed by atoms with Crippen LogP contribution in [0.2, 0.25) is 0 Å². The van der Waals surface area contributed by atoms with Gasteiger partial charge in [0.05, 0.1) is 5.56 Å². The summed E-state index contributed by atoms with van der Waals surface area (Å²) in [4.78, 5) is 15.0. The SMILES string of the molecule is Cc1cc(C(=O)N2CCCC(C(C)N)C2)c(C)n1-c1ccccc1. The van der Waals surface area contributed by atoms with Crippen LogP contribution in [-0.2, 0) is 0 Å². The fourth-order valence-electron chi connectivity index (χ4n) is 3.75. The van der Waals surface area contributed by atoms with Crippen LogP contribution in [0.3, 0.4) is 0 Å². The maximum atomic E-state index is 13.1. The number of hydrogen-bond donors (Lipinski definition) is 1. The van der Waals surface area contributed by atoms with E-state index in [1.54, 1.807) is 0 Å². The van der Waals surface area contributed by atoms with Gasteiger partial charge in [0.25, 0.3) is 5.91 Å². The molecule has 0 bridgehead atoms. The quantitative estimate of drug-likeness (QED) is 0.941. The second-order valence-electron chi connectivity index (χ2n) is 6.97. The Labute approximate surface area is 144 Å². The first-order chi connectivity index (χ1) is 11.5. The highest BCUT2D eigenvalue weighted by Crippen LogP contribution is 2.25. The number of carbonyl (C=O) groups excluding carboxylic acids is 1. The fourth-order valence-corrected chi connectivity index (χ4v) is 3.75. The van der Waals surface area contributed by atoms with E-state index in [1.165, 1.54) is 0 Å². The lowest BCUT2D eigenvalue weighted by Crippen LogP contribution is -2.45. The van der Waals surface area contributed by atoms with Gasteiger partial charge in [-0.2, -0.15) is 0 Å². The number of rotatable bonds is 3. The van der Waals surface area contributed by atoms with E-state index in [-0.39, 0.29) is 11.9 Å². The second-order valence-corrected chi connectivity index (χ2v) is 6.97. The van der Waals surface area contributed by atoms with Gasteiger partial charge >= 0.3 is 0 Å². The van der Waals surface area contributed by atoms with E-state index in [2.05, 4.69) is 23.6 Å². The molecular formula is C20H27N3O. The van der Waals surface area contributed by atoms with Gasteiger partial charge in [-0.05, 0) is 57.7 Å². The van der Waals surface area contributed by atoms with E-state index >= 15 is 0 Å². The Morgan fingerprint density at radius 2 is 1.96 bits per heavy atom. The molecule has 0 aliphatic carbocycles. The molecule has 24 heavy (non-hydrogen) atoms. The summed E-state index contributed by atoms with van der Waals surface area (Å²) in [5.41, 5.74) is 10.1. The lowest BCUT2D eigenvalue weighted by Gasteiger charge is -2.34. The summed E-state index contributed by atoms with van der Waals surface area (Å²) in [6.45, 7) is 7.72. The highest BCUT2D eigenvalue weighted by molar-refractivity contribution is 5.96. The minimum absolute atomic E-state index is 0.135. The van der Waals surface area contributed by atoms with E-state index in [0.29, 0.717) is 5.92 Å². The molecule has 0 radical (unpaired) electrons. The molecule has 3 rings (SSSR count). The zero-order valence-corrected chi connectivity index (χ0v) is 14.8. The zero-order chi connectivity index (χ0) is 17.3. The molecule has 2 atom stereocenters. The van der Waals surface area contributed by atoms with Crippen molar-refractivity contribution >= 4 is 5.91 Å². The van der Waals surface area contributed by atoms with Crippen LogP contribution in [0.5, 0.6) is 0 Å². The molecule has 2 unspecified atom stereocenters. The third-order valence-corrected chi connectivity index (χ3v) is 5.16. The lowest BCUT2D eigenvalue weighted by molar-refractivity contribution is 0.0660. The van der Waals surface area contributed by atoms with E-state index in [1.807, 2.05) is 43.0 Å². The van der Waals surface area contributed by atoms with Crippen molar-refractivity contribution in [3.8, 4) is 5.69 Å². The standard InChI is InChI=1S/C20H27N3O/c1-14-12-19(16(3)23(14)18-9-5-4-6-10-18)20(24)22-11-7-8-17(13-22)15(2)21/h4-6,9-10,12,15,17H,7-8,11,13,21H2,1-3H3. The Morgan fingerprint density at radius 1 is 1.25 bits per heavy atom. The number of carbonyl (C=O) groups is 1. The first-order valence-corrected chi connectivity index (χ1v) is 8.78. The van der Waals surface area contributed by atoms with Crippen LogP contribution >= 0.6 is 0 Å². The van der Waals surface area contributed by atoms with Crippen molar-refractivity contribution in [2.75, 3.05) is 13.1 Å². The lowest BCUT2D eigenvalue weighted by atomic mass is 9.92. The summed E-state index contributed by atoms with van der Waals surface area (Å²) in [6.07, 6.45) is 2.15. The third kappa shape index (κ3) is 3.11. The summed E-state index contributed by atoms with van der Waals surface area (Å²) in [5, 5.41) is 0. The summed E-state index contributed by atoms with van der Waals surface area (Å²) in [7, 11) is 0. The number of amides is 1. The van der Waals surface area contributed by atoms with Crippen LogP contribution in [0.15, 0.2) is 36.4 Å². The van der Waals surface area contributed by atoms with Crippen LogP contribution in [0.25, 0.3) is 5.69 Å². The number of aryl methyl sites for hydroxylation is 1. The van der Waals surface area contributed by atoms with Crippen LogP contribution in [0, 0.1) is 19.8 Å². The highest BCUT2D eigenvalue weighted by atomic mass is 16.2. The van der Waals surface area contributed by atoms with Crippen molar-refractivity contribution in [2.45, 2.75) is 39.7 Å². The molecular weight excluding hydrogens is 298 g/mol. The normalized spacial score (nSPS) is 19.3. The Morgan fingerprint density at radius 3 is 2.62 bits per heavy atom. The number of piperidine rings is 1. The topological polar surface area (TPSA) is 51.3 Å². The summed E-state index contributed by atoms with van der Waals surface area (Å²) >= 11 is 0. The molecule has 1 saturated heterocycles. The average Bonchev–Trinajstić information content (AvgIpc) is 2.89. The predicted octanol–water partition coefficient (Wildman–Crippen LogP) is 3.29. The van der Waals surface area contributed by atoms with Gasteiger partial charge in [0, 0.05) is 36.2 Å². The van der Waals surface area contributed by atoms with Gasteiger partial charge in [0.15, 0.2) is 0 Å². The Balaban J connectivity index is 1.89. The van der Waals surface area contributed by atoms with Gasteiger partial charge in [0.2, 0.25) is 0 Å². The van der Waals surface area contributed by atoms with E-state index in [0.717, 1.165) is 48.6 Å². The number of para-hydroxylation sites is 1. The molecule has 1 aliphatic heterocycles. The average molecular weight is 325 g/mol. The Bertz CT molecular complexity index is 718. The molecule has 0 spiro atoms. The molecule has 2 N–H and O–H groups in total. The first-order valence-electron chi connectivity index (χ1n) is 8.78. The summed E-state index contributed by atoms with van der Waals surface area (Å²) in [5.74, 6) is 0.538. The van der Waals surface area contributed by atoms with Gasteiger partial charge in [-0.15, -0.1) is 0 Å². The van der Waals surface area contributed by atoms with Gasteiger partial charge in [-0.1, -0.05) is 18.2 Å². The monoisotopic (exact) mass is 325 g/mol. The fraction of sp³-hybridized carbons (Fsp3) is 0.450. The Hall–Kier alpha value is -2.07. The molecule has 1 aromatic heterocycles. The smallest absolute Gasteiger partial charge is 0.255 e. The molecule has 2 aromatic rings. The maximum Gasteiger partial charge on any atom is 0.255 e. The van der Waals surface area contributed by atoms with Crippen LogP contribution < -0.4 is 5.73 Å². The molecule has 4 heteroatoms. The zero-order valence-electron chi connectivity index (χ0n) is 14.8. The van der Waals surface area contributed by atoms with Crippen molar-refractivity contribution in [1.29, 1.82) is 0 Å². The molecule has 2 heterocycles. The van der Waals surface area contributed by atoms with Crippen molar-refractivity contribution in [2.24, 2.45) is 11.7 Å². The van der Waals surface area contributed by atoms with Crippen LogP contribution in [0.1, 0.15) is 41.5 Å². The molecule has 128 valence electrons. The minimum atomic E-state index is 0.135. The number of benzene rings is 1. The predicted molar refractivity (Wildman–Crippen MR) is 97.5 cm³/mol. The Kier molecular flexibility index (Phi) is 4.76. The van der Waals surface area contributed by atoms with Gasteiger partial charge in [0.1, 0.15) is 0 Å².